The van der Waals surface area contributed by atoms with Crippen LogP contribution >= 0.6 is 0 Å². The molecule has 1 atom stereocenters. The zero-order valence-electron chi connectivity index (χ0n) is 15.0. The minimum absolute atomic E-state index is 0.176. The smallest absolute Gasteiger partial charge is 0.337 e. The Kier molecular flexibility index (Phi) is 4.66. The standard InChI is InChI=1S/C19H19N5O4/c20-18(25)16-2-1-5-24(16)9-11-6-17(23-10-22-11)28-12-3-4-15-13(7-12)14(8-21-15)19(26)27/h3-4,6-8,10,16,21H,1-2,5,9H2,(H2,20,25)(H,26,27). The van der Waals surface area contributed by atoms with Crippen molar-refractivity contribution in [1.29, 1.82) is 0 Å². The Morgan fingerprint density at radius 1 is 1.32 bits per heavy atom. The predicted molar refractivity (Wildman–Crippen MR) is 100.0 cm³/mol. The summed E-state index contributed by atoms with van der Waals surface area (Å²) in [5.74, 6) is -0.526. The Morgan fingerprint density at radius 2 is 2.18 bits per heavy atom. The Morgan fingerprint density at radius 3 is 2.96 bits per heavy atom. The first-order valence-electron chi connectivity index (χ1n) is 8.88. The average Bonchev–Trinajstić information content (AvgIpc) is 3.28. The molecule has 2 aromatic heterocycles. The van der Waals surface area contributed by atoms with Crippen LogP contribution in [0.2, 0.25) is 0 Å². The van der Waals surface area contributed by atoms with Gasteiger partial charge in [0.25, 0.3) is 0 Å². The van der Waals surface area contributed by atoms with Crippen molar-refractivity contribution < 1.29 is 19.4 Å². The number of carboxylic acid groups (broad SMARTS) is 1. The monoisotopic (exact) mass is 381 g/mol. The van der Waals surface area contributed by atoms with Crippen molar-refractivity contribution in [1.82, 2.24) is 19.9 Å². The molecule has 1 unspecified atom stereocenters. The number of carbonyl (C=O) groups is 2. The number of nitrogens with one attached hydrogen (secondary N) is 1. The number of ether oxygens (including phenoxy) is 1. The fourth-order valence-corrected chi connectivity index (χ4v) is 3.53. The molecule has 4 rings (SSSR count). The van der Waals surface area contributed by atoms with E-state index in [1.165, 1.54) is 12.5 Å². The van der Waals surface area contributed by atoms with E-state index in [0.717, 1.165) is 19.4 Å². The molecule has 0 saturated carbocycles. The largest absolute Gasteiger partial charge is 0.478 e. The highest BCUT2D eigenvalue weighted by atomic mass is 16.5. The number of hydrogen-bond donors (Lipinski definition) is 3. The molecule has 9 heteroatoms. The van der Waals surface area contributed by atoms with Crippen LogP contribution in [0.15, 0.2) is 36.8 Å². The van der Waals surface area contributed by atoms with E-state index in [9.17, 15) is 14.7 Å². The molecule has 3 aromatic rings. The van der Waals surface area contributed by atoms with Crippen LogP contribution in [0, 0.1) is 0 Å². The third kappa shape index (κ3) is 3.52. The quantitative estimate of drug-likeness (QED) is 0.593. The van der Waals surface area contributed by atoms with Crippen LogP contribution in [0.25, 0.3) is 10.9 Å². The number of likely N-dealkylation sites (tertiary alicyclic amines) is 1. The lowest BCUT2D eigenvalue weighted by Gasteiger charge is -2.21. The van der Waals surface area contributed by atoms with Gasteiger partial charge in [-0.25, -0.2) is 14.8 Å². The molecule has 9 nitrogen and oxygen atoms in total. The highest BCUT2D eigenvalue weighted by Crippen LogP contribution is 2.27. The van der Waals surface area contributed by atoms with Crippen LogP contribution in [0.1, 0.15) is 28.9 Å². The lowest BCUT2D eigenvalue weighted by atomic mass is 10.1. The number of aromatic amines is 1. The number of H-pyrrole nitrogens is 1. The van der Waals surface area contributed by atoms with Crippen molar-refractivity contribution >= 4 is 22.8 Å². The molecule has 0 spiro atoms. The van der Waals surface area contributed by atoms with E-state index < -0.39 is 5.97 Å². The van der Waals surface area contributed by atoms with E-state index in [0.29, 0.717) is 34.8 Å². The Balaban J connectivity index is 1.53. The summed E-state index contributed by atoms with van der Waals surface area (Å²) in [5, 5.41) is 9.82. The molecule has 1 fully saturated rings. The lowest BCUT2D eigenvalue weighted by Crippen LogP contribution is -2.39. The van der Waals surface area contributed by atoms with Crippen molar-refractivity contribution in [2.24, 2.45) is 5.73 Å². The average molecular weight is 381 g/mol. The zero-order chi connectivity index (χ0) is 19.7. The molecule has 1 aromatic carbocycles. The van der Waals surface area contributed by atoms with Crippen molar-refractivity contribution in [3.05, 3.63) is 48.0 Å². The molecule has 0 radical (unpaired) electrons. The van der Waals surface area contributed by atoms with Crippen molar-refractivity contribution in [3.63, 3.8) is 0 Å². The van der Waals surface area contributed by atoms with Gasteiger partial charge >= 0.3 is 5.97 Å². The zero-order valence-corrected chi connectivity index (χ0v) is 15.0. The summed E-state index contributed by atoms with van der Waals surface area (Å²) in [6.07, 6.45) is 4.53. The number of hydrogen-bond acceptors (Lipinski definition) is 6. The second kappa shape index (κ2) is 7.28. The number of aromatic nitrogens is 3. The van der Waals surface area contributed by atoms with Gasteiger partial charge in [-0.2, -0.15) is 0 Å². The number of fused-ring (bicyclic) bond motifs is 1. The first kappa shape index (κ1) is 17.9. The van der Waals surface area contributed by atoms with Gasteiger partial charge in [0, 0.05) is 29.7 Å². The Hall–Kier alpha value is -3.46. The molecule has 144 valence electrons. The van der Waals surface area contributed by atoms with Gasteiger partial charge < -0.3 is 20.6 Å². The molecule has 1 aliphatic heterocycles. The van der Waals surface area contributed by atoms with E-state index in [1.807, 2.05) is 4.90 Å². The van der Waals surface area contributed by atoms with E-state index in [2.05, 4.69) is 15.0 Å². The number of nitrogens with zero attached hydrogens (tertiary/aromatic N) is 3. The topological polar surface area (TPSA) is 134 Å². The predicted octanol–water partition coefficient (Wildman–Crippen LogP) is 1.90. The molecule has 4 N–H and O–H groups in total. The second-order valence-electron chi connectivity index (χ2n) is 6.70. The lowest BCUT2D eigenvalue weighted by molar-refractivity contribution is -0.122. The molecule has 1 saturated heterocycles. The van der Waals surface area contributed by atoms with Gasteiger partial charge in [0.15, 0.2) is 0 Å². The fraction of sp³-hybridized carbons (Fsp3) is 0.263. The van der Waals surface area contributed by atoms with Crippen molar-refractivity contribution in [2.75, 3.05) is 6.54 Å². The van der Waals surface area contributed by atoms with E-state index in [-0.39, 0.29) is 17.5 Å². The van der Waals surface area contributed by atoms with E-state index in [4.69, 9.17) is 10.5 Å². The summed E-state index contributed by atoms with van der Waals surface area (Å²) >= 11 is 0. The van der Waals surface area contributed by atoms with Gasteiger partial charge in [-0.3, -0.25) is 9.69 Å². The number of benzene rings is 1. The molecular weight excluding hydrogens is 362 g/mol. The van der Waals surface area contributed by atoms with Crippen LogP contribution in [-0.4, -0.2) is 49.4 Å². The third-order valence-electron chi connectivity index (χ3n) is 4.86. The fourth-order valence-electron chi connectivity index (χ4n) is 3.53. The minimum atomic E-state index is -1.01. The SMILES string of the molecule is NC(=O)C1CCCN1Cc1cc(Oc2ccc3[nH]cc(C(=O)O)c3c2)ncn1. The third-order valence-corrected chi connectivity index (χ3v) is 4.86. The molecule has 28 heavy (non-hydrogen) atoms. The first-order chi connectivity index (χ1) is 13.5. The highest BCUT2D eigenvalue weighted by molar-refractivity contribution is 6.03. The molecule has 3 heterocycles. The molecule has 1 aliphatic rings. The first-order valence-corrected chi connectivity index (χ1v) is 8.88. The number of carboxylic acids is 1. The molecular formula is C19H19N5O4. The number of primary amides is 1. The normalized spacial score (nSPS) is 17.1. The molecule has 0 aliphatic carbocycles. The number of aromatic carboxylic acids is 1. The van der Waals surface area contributed by atoms with Gasteiger partial charge in [0.1, 0.15) is 12.1 Å². The summed E-state index contributed by atoms with van der Waals surface area (Å²) in [6.45, 7) is 1.27. The van der Waals surface area contributed by atoms with Crippen LogP contribution in [0.3, 0.4) is 0 Å². The van der Waals surface area contributed by atoms with Crippen LogP contribution < -0.4 is 10.5 Å². The number of nitrogens with two attached hydrogens (primary N) is 1. The maximum absolute atomic E-state index is 11.5. The van der Waals surface area contributed by atoms with Crippen LogP contribution in [0.5, 0.6) is 11.6 Å². The molecule has 0 bridgehead atoms. The van der Waals surface area contributed by atoms with Gasteiger partial charge in [0.05, 0.1) is 17.3 Å². The van der Waals surface area contributed by atoms with Gasteiger partial charge in [-0.1, -0.05) is 0 Å². The number of carbonyl (C=O) groups excluding carboxylic acids is 1. The van der Waals surface area contributed by atoms with Gasteiger partial charge in [0.2, 0.25) is 11.8 Å². The summed E-state index contributed by atoms with van der Waals surface area (Å²) in [4.78, 5) is 36.1. The van der Waals surface area contributed by atoms with Crippen molar-refractivity contribution in [3.8, 4) is 11.6 Å². The summed E-state index contributed by atoms with van der Waals surface area (Å²) in [6, 6.07) is 6.57. The van der Waals surface area contributed by atoms with Gasteiger partial charge in [-0.05, 0) is 37.6 Å². The summed E-state index contributed by atoms with van der Waals surface area (Å²) < 4.78 is 5.80. The van der Waals surface area contributed by atoms with Crippen LogP contribution in [-0.2, 0) is 11.3 Å². The van der Waals surface area contributed by atoms with Gasteiger partial charge in [-0.15, -0.1) is 0 Å². The number of amides is 1. The Bertz CT molecular complexity index is 1050. The maximum Gasteiger partial charge on any atom is 0.337 e. The minimum Gasteiger partial charge on any atom is -0.478 e. The Labute approximate surface area is 160 Å². The summed E-state index contributed by atoms with van der Waals surface area (Å²) in [7, 11) is 0. The molecule has 1 amide bonds. The van der Waals surface area contributed by atoms with E-state index >= 15 is 0 Å². The van der Waals surface area contributed by atoms with E-state index in [1.54, 1.807) is 24.3 Å². The highest BCUT2D eigenvalue weighted by Gasteiger charge is 2.29. The second-order valence-corrected chi connectivity index (χ2v) is 6.70. The number of rotatable bonds is 6. The summed E-state index contributed by atoms with van der Waals surface area (Å²) in [5.41, 5.74) is 7.06. The maximum atomic E-state index is 11.5. The van der Waals surface area contributed by atoms with Crippen molar-refractivity contribution in [2.45, 2.75) is 25.4 Å². The van der Waals surface area contributed by atoms with Crippen LogP contribution in [0.4, 0.5) is 0 Å².